The molecule has 140 valence electrons. The van der Waals surface area contributed by atoms with E-state index in [-0.39, 0.29) is 0 Å². The third-order valence-electron chi connectivity index (χ3n) is 6.36. The summed E-state index contributed by atoms with van der Waals surface area (Å²) in [7, 11) is 0. The van der Waals surface area contributed by atoms with Gasteiger partial charge in [-0.05, 0) is 37.2 Å². The Morgan fingerprint density at radius 2 is 1.89 bits per heavy atom. The van der Waals surface area contributed by atoms with E-state index in [0.29, 0.717) is 21.8 Å². The first kappa shape index (κ1) is 16.8. The summed E-state index contributed by atoms with van der Waals surface area (Å²) >= 11 is 6.37. The van der Waals surface area contributed by atoms with Gasteiger partial charge in [0.05, 0.1) is 22.6 Å². The van der Waals surface area contributed by atoms with Crippen LogP contribution in [-0.4, -0.2) is 33.3 Å². The monoisotopic (exact) mass is 382 g/mol. The molecule has 0 unspecified atom stereocenters. The van der Waals surface area contributed by atoms with Crippen LogP contribution in [0.25, 0.3) is 22.4 Å². The van der Waals surface area contributed by atoms with E-state index >= 15 is 0 Å². The lowest BCUT2D eigenvalue weighted by atomic mass is 9.77. The van der Waals surface area contributed by atoms with Crippen LogP contribution in [0.2, 0.25) is 5.02 Å². The van der Waals surface area contributed by atoms with Crippen molar-refractivity contribution >= 4 is 34.3 Å². The number of benzene rings is 1. The molecule has 1 aromatic carbocycles. The molecule has 6 nitrogen and oxygen atoms in total. The van der Waals surface area contributed by atoms with Crippen LogP contribution in [0.3, 0.4) is 0 Å². The minimum Gasteiger partial charge on any atom is -0.398 e. The smallest absolute Gasteiger partial charge is 0.202 e. The van der Waals surface area contributed by atoms with Crippen molar-refractivity contribution in [2.24, 2.45) is 5.41 Å². The summed E-state index contributed by atoms with van der Waals surface area (Å²) in [5, 5.41) is 7.91. The Kier molecular flexibility index (Phi) is 3.97. The highest BCUT2D eigenvalue weighted by Gasteiger charge is 2.37. The molecule has 1 aliphatic carbocycles. The Bertz CT molecular complexity index is 981. The van der Waals surface area contributed by atoms with Gasteiger partial charge in [0.25, 0.3) is 0 Å². The minimum absolute atomic E-state index is 0.506. The normalized spacial score (nSPS) is 19.2. The molecule has 3 aromatic rings. The van der Waals surface area contributed by atoms with Crippen LogP contribution in [0.5, 0.6) is 0 Å². The molecule has 2 fully saturated rings. The SMILES string of the molecule is Nc1cccc(-c2[nH]nc3nc(N4CCC5(CCCC5)CC4)cnc23)c1Cl. The molecule has 7 heteroatoms. The summed E-state index contributed by atoms with van der Waals surface area (Å²) in [6.45, 7) is 2.11. The number of nitrogens with two attached hydrogens (primary N) is 1. The van der Waals surface area contributed by atoms with Crippen molar-refractivity contribution in [3.8, 4) is 11.3 Å². The third-order valence-corrected chi connectivity index (χ3v) is 6.78. The van der Waals surface area contributed by atoms with E-state index in [1.807, 2.05) is 18.3 Å². The highest BCUT2D eigenvalue weighted by atomic mass is 35.5. The third kappa shape index (κ3) is 2.83. The van der Waals surface area contributed by atoms with E-state index in [1.165, 1.54) is 38.5 Å². The lowest BCUT2D eigenvalue weighted by Gasteiger charge is -2.39. The second kappa shape index (κ2) is 6.37. The number of nitrogens with one attached hydrogen (secondary N) is 1. The van der Waals surface area contributed by atoms with Crippen molar-refractivity contribution in [2.45, 2.75) is 38.5 Å². The number of hydrogen-bond acceptors (Lipinski definition) is 5. The van der Waals surface area contributed by atoms with E-state index in [9.17, 15) is 0 Å². The van der Waals surface area contributed by atoms with Crippen molar-refractivity contribution in [1.29, 1.82) is 0 Å². The van der Waals surface area contributed by atoms with Gasteiger partial charge in [-0.25, -0.2) is 9.97 Å². The van der Waals surface area contributed by atoms with Gasteiger partial charge in [0.1, 0.15) is 11.3 Å². The van der Waals surface area contributed by atoms with Gasteiger partial charge in [0.15, 0.2) is 0 Å². The van der Waals surface area contributed by atoms with Crippen LogP contribution >= 0.6 is 11.6 Å². The summed E-state index contributed by atoms with van der Waals surface area (Å²) in [5.41, 5.74) is 9.94. The van der Waals surface area contributed by atoms with Crippen LogP contribution in [-0.2, 0) is 0 Å². The fourth-order valence-electron chi connectivity index (χ4n) is 4.70. The Morgan fingerprint density at radius 1 is 1.11 bits per heavy atom. The average molecular weight is 383 g/mol. The van der Waals surface area contributed by atoms with Crippen LogP contribution in [0.1, 0.15) is 38.5 Å². The number of nitrogen functional groups attached to an aromatic ring is 1. The molecule has 1 saturated heterocycles. The minimum atomic E-state index is 0.506. The number of aromatic amines is 1. The van der Waals surface area contributed by atoms with Gasteiger partial charge < -0.3 is 10.6 Å². The number of rotatable bonds is 2. The van der Waals surface area contributed by atoms with Crippen molar-refractivity contribution in [3.05, 3.63) is 29.4 Å². The van der Waals surface area contributed by atoms with Gasteiger partial charge >= 0.3 is 0 Å². The standard InChI is InChI=1S/C20H23ClN6/c21-16-13(4-3-5-14(16)22)17-18-19(26-25-17)24-15(12-23-18)27-10-8-20(9-11-27)6-1-2-7-20/h3-5,12H,1-2,6-11,22H2,(H,24,25,26). The van der Waals surface area contributed by atoms with Crippen LogP contribution in [0.4, 0.5) is 11.5 Å². The molecule has 3 heterocycles. The Morgan fingerprint density at radius 3 is 2.67 bits per heavy atom. The predicted octanol–water partition coefficient (Wildman–Crippen LogP) is 4.42. The summed E-state index contributed by atoms with van der Waals surface area (Å²) in [5.74, 6) is 0.909. The number of fused-ring (bicyclic) bond motifs is 1. The maximum Gasteiger partial charge on any atom is 0.202 e. The van der Waals surface area contributed by atoms with Crippen molar-refractivity contribution < 1.29 is 0 Å². The van der Waals surface area contributed by atoms with Gasteiger partial charge in [-0.2, -0.15) is 5.10 Å². The number of piperidine rings is 1. The first-order chi connectivity index (χ1) is 13.2. The summed E-state index contributed by atoms with van der Waals surface area (Å²) in [4.78, 5) is 11.8. The molecule has 0 atom stereocenters. The molecule has 3 N–H and O–H groups in total. The second-order valence-corrected chi connectivity index (χ2v) is 8.28. The topological polar surface area (TPSA) is 83.7 Å². The number of halogens is 1. The fraction of sp³-hybridized carbons (Fsp3) is 0.450. The highest BCUT2D eigenvalue weighted by Crippen LogP contribution is 2.46. The van der Waals surface area contributed by atoms with Crippen LogP contribution in [0.15, 0.2) is 24.4 Å². The maximum absolute atomic E-state index is 6.37. The molecule has 1 spiro atoms. The van der Waals surface area contributed by atoms with Gasteiger partial charge in [-0.1, -0.05) is 36.6 Å². The zero-order valence-electron chi connectivity index (χ0n) is 15.2. The summed E-state index contributed by atoms with van der Waals surface area (Å²) in [6, 6.07) is 5.56. The number of H-pyrrole nitrogens is 1. The zero-order chi connectivity index (χ0) is 18.4. The zero-order valence-corrected chi connectivity index (χ0v) is 16.0. The second-order valence-electron chi connectivity index (χ2n) is 7.90. The van der Waals surface area contributed by atoms with Gasteiger partial charge in [0, 0.05) is 18.7 Å². The molecule has 2 aromatic heterocycles. The first-order valence-corrected chi connectivity index (χ1v) is 10.0. The number of hydrogen-bond donors (Lipinski definition) is 2. The highest BCUT2D eigenvalue weighted by molar-refractivity contribution is 6.36. The molecule has 27 heavy (non-hydrogen) atoms. The number of anilines is 2. The number of nitrogens with zero attached hydrogens (tertiary/aromatic N) is 4. The van der Waals surface area contributed by atoms with E-state index in [2.05, 4.69) is 20.1 Å². The molecule has 1 aliphatic heterocycles. The molecule has 0 radical (unpaired) electrons. The molecule has 0 amide bonds. The molecule has 1 saturated carbocycles. The van der Waals surface area contributed by atoms with E-state index in [1.54, 1.807) is 6.07 Å². The molecular weight excluding hydrogens is 360 g/mol. The van der Waals surface area contributed by atoms with Crippen molar-refractivity contribution in [2.75, 3.05) is 23.7 Å². The van der Waals surface area contributed by atoms with Crippen molar-refractivity contribution in [3.63, 3.8) is 0 Å². The van der Waals surface area contributed by atoms with Crippen LogP contribution < -0.4 is 10.6 Å². The molecule has 5 rings (SSSR count). The lowest BCUT2D eigenvalue weighted by molar-refractivity contribution is 0.226. The Labute approximate surface area is 163 Å². The van der Waals surface area contributed by atoms with Gasteiger partial charge in [-0.3, -0.25) is 5.10 Å². The average Bonchev–Trinajstić information content (AvgIpc) is 3.31. The maximum atomic E-state index is 6.37. The van der Waals surface area contributed by atoms with Crippen molar-refractivity contribution in [1.82, 2.24) is 20.2 Å². The van der Waals surface area contributed by atoms with Gasteiger partial charge in [-0.15, -0.1) is 0 Å². The first-order valence-electron chi connectivity index (χ1n) is 9.66. The summed E-state index contributed by atoms with van der Waals surface area (Å²) in [6.07, 6.45) is 9.97. The summed E-state index contributed by atoms with van der Waals surface area (Å²) < 4.78 is 0. The largest absolute Gasteiger partial charge is 0.398 e. The van der Waals surface area contributed by atoms with E-state index in [0.717, 1.165) is 35.7 Å². The quantitative estimate of drug-likeness (QED) is 0.641. The predicted molar refractivity (Wildman–Crippen MR) is 109 cm³/mol. The molecular formula is C20H23ClN6. The Balaban J connectivity index is 1.43. The van der Waals surface area contributed by atoms with Crippen LogP contribution in [0, 0.1) is 5.41 Å². The molecule has 0 bridgehead atoms. The molecule has 2 aliphatic rings. The number of aromatic nitrogens is 4. The van der Waals surface area contributed by atoms with Gasteiger partial charge in [0.2, 0.25) is 5.65 Å². The fourth-order valence-corrected chi connectivity index (χ4v) is 4.93. The van der Waals surface area contributed by atoms with E-state index < -0.39 is 0 Å². The Hall–Kier alpha value is -2.34. The lowest BCUT2D eigenvalue weighted by Crippen LogP contribution is -2.39. The van der Waals surface area contributed by atoms with E-state index in [4.69, 9.17) is 22.3 Å².